The van der Waals surface area contributed by atoms with Gasteiger partial charge in [0.15, 0.2) is 0 Å². The van der Waals surface area contributed by atoms with Gasteiger partial charge < -0.3 is 9.47 Å². The minimum atomic E-state index is -3.90. The minimum Gasteiger partial charge on any atom is -0.495 e. The molecule has 0 saturated carbocycles. The molecule has 10 heteroatoms. The van der Waals surface area contributed by atoms with Gasteiger partial charge in [0.2, 0.25) is 0 Å². The van der Waals surface area contributed by atoms with Gasteiger partial charge >= 0.3 is 5.97 Å². The van der Waals surface area contributed by atoms with Crippen molar-refractivity contribution in [3.8, 4) is 5.75 Å². The Morgan fingerprint density at radius 1 is 1.03 bits per heavy atom. The highest BCUT2D eigenvalue weighted by molar-refractivity contribution is 7.92. The van der Waals surface area contributed by atoms with Crippen LogP contribution in [0.15, 0.2) is 77.7 Å². The number of hydrogen-bond acceptors (Lipinski definition) is 7. The van der Waals surface area contributed by atoms with Crippen LogP contribution in [0.2, 0.25) is 0 Å². The number of non-ortho nitro benzene ring substituents is 1. The Morgan fingerprint density at radius 2 is 1.72 bits per heavy atom. The topological polar surface area (TPSA) is 116 Å². The van der Waals surface area contributed by atoms with E-state index in [1.165, 1.54) is 56.6 Å². The number of esters is 1. The summed E-state index contributed by atoms with van der Waals surface area (Å²) < 4.78 is 37.5. The highest BCUT2D eigenvalue weighted by Crippen LogP contribution is 2.30. The Morgan fingerprint density at radius 3 is 2.38 bits per heavy atom. The quantitative estimate of drug-likeness (QED) is 0.288. The third-order valence-corrected chi connectivity index (χ3v) is 6.45. The molecule has 0 bridgehead atoms. The van der Waals surface area contributed by atoms with E-state index < -0.39 is 20.9 Å². The molecule has 0 unspecified atom stereocenters. The van der Waals surface area contributed by atoms with Crippen molar-refractivity contribution >= 4 is 27.4 Å². The van der Waals surface area contributed by atoms with E-state index in [0.717, 1.165) is 4.31 Å². The number of nitro groups is 1. The molecule has 0 radical (unpaired) electrons. The molecule has 0 heterocycles. The fraction of sp³-hybridized carbons (Fsp3) is 0.136. The summed E-state index contributed by atoms with van der Waals surface area (Å²) in [6, 6.07) is 17.8. The van der Waals surface area contributed by atoms with E-state index in [4.69, 9.17) is 9.47 Å². The Labute approximate surface area is 185 Å². The number of benzene rings is 3. The minimum absolute atomic E-state index is 0.0128. The number of carbonyl (C=O) groups excluding carboxylic acids is 1. The standard InChI is InChI=1S/C22H20N2O7S/c1-23(20-8-3-4-9-21(20)30-2)32(28,29)19-12-10-17(11-13-19)22(25)31-15-16-6-5-7-18(14-16)24(26)27/h3-14H,15H2,1-2H3. The maximum atomic E-state index is 13.0. The predicted octanol–water partition coefficient (Wildman–Crippen LogP) is 3.79. The number of para-hydroxylation sites is 2. The van der Waals surface area contributed by atoms with Gasteiger partial charge in [-0.3, -0.25) is 14.4 Å². The molecule has 0 aliphatic heterocycles. The molecule has 32 heavy (non-hydrogen) atoms. The molecule has 3 aromatic rings. The molecule has 3 aromatic carbocycles. The monoisotopic (exact) mass is 456 g/mol. The van der Waals surface area contributed by atoms with Crippen molar-refractivity contribution in [2.24, 2.45) is 0 Å². The highest BCUT2D eigenvalue weighted by atomic mass is 32.2. The Balaban J connectivity index is 1.73. The summed E-state index contributed by atoms with van der Waals surface area (Å²) in [5, 5.41) is 10.8. The molecular formula is C22H20N2O7S. The maximum absolute atomic E-state index is 13.0. The summed E-state index contributed by atoms with van der Waals surface area (Å²) in [6.45, 7) is -0.156. The first-order valence-corrected chi connectivity index (χ1v) is 10.8. The second-order valence-corrected chi connectivity index (χ2v) is 8.64. The van der Waals surface area contributed by atoms with E-state index in [-0.39, 0.29) is 22.8 Å². The molecule has 0 saturated heterocycles. The zero-order chi connectivity index (χ0) is 23.3. The van der Waals surface area contributed by atoms with Crippen LogP contribution in [0.3, 0.4) is 0 Å². The van der Waals surface area contributed by atoms with Crippen molar-refractivity contribution < 1.29 is 27.6 Å². The lowest BCUT2D eigenvalue weighted by atomic mass is 10.2. The largest absolute Gasteiger partial charge is 0.495 e. The molecular weight excluding hydrogens is 436 g/mol. The number of nitro benzene ring substituents is 1. The number of hydrogen-bond donors (Lipinski definition) is 0. The molecule has 3 rings (SSSR count). The maximum Gasteiger partial charge on any atom is 0.338 e. The van der Waals surface area contributed by atoms with E-state index in [1.807, 2.05) is 0 Å². The van der Waals surface area contributed by atoms with Crippen LogP contribution in [0.25, 0.3) is 0 Å². The molecule has 0 amide bonds. The lowest BCUT2D eigenvalue weighted by Gasteiger charge is -2.21. The Bertz CT molecular complexity index is 1240. The smallest absolute Gasteiger partial charge is 0.338 e. The molecule has 0 fully saturated rings. The second-order valence-electron chi connectivity index (χ2n) is 6.67. The Kier molecular flexibility index (Phi) is 6.74. The summed E-state index contributed by atoms with van der Waals surface area (Å²) in [7, 11) is -1.04. The van der Waals surface area contributed by atoms with Crippen LogP contribution in [0, 0.1) is 10.1 Å². The van der Waals surface area contributed by atoms with Gasteiger partial charge in [0.05, 0.1) is 28.2 Å². The third-order valence-electron chi connectivity index (χ3n) is 4.66. The van der Waals surface area contributed by atoms with E-state index >= 15 is 0 Å². The highest BCUT2D eigenvalue weighted by Gasteiger charge is 2.24. The lowest BCUT2D eigenvalue weighted by molar-refractivity contribution is -0.384. The summed E-state index contributed by atoms with van der Waals surface area (Å²) >= 11 is 0. The van der Waals surface area contributed by atoms with Crippen LogP contribution in [-0.4, -0.2) is 33.5 Å². The van der Waals surface area contributed by atoms with Gasteiger partial charge in [-0.05, 0) is 42.0 Å². The first-order valence-electron chi connectivity index (χ1n) is 9.36. The van der Waals surface area contributed by atoms with Crippen molar-refractivity contribution in [2.45, 2.75) is 11.5 Å². The van der Waals surface area contributed by atoms with Crippen molar-refractivity contribution in [1.82, 2.24) is 0 Å². The molecule has 166 valence electrons. The van der Waals surface area contributed by atoms with Gasteiger partial charge in [-0.2, -0.15) is 0 Å². The predicted molar refractivity (Wildman–Crippen MR) is 117 cm³/mol. The van der Waals surface area contributed by atoms with Crippen molar-refractivity contribution in [2.75, 3.05) is 18.5 Å². The number of nitrogens with zero attached hydrogens (tertiary/aromatic N) is 2. The van der Waals surface area contributed by atoms with Gasteiger partial charge in [-0.25, -0.2) is 13.2 Å². The fourth-order valence-electron chi connectivity index (χ4n) is 2.93. The number of sulfonamides is 1. The van der Waals surface area contributed by atoms with Crippen LogP contribution in [-0.2, 0) is 21.4 Å². The van der Waals surface area contributed by atoms with Crippen LogP contribution >= 0.6 is 0 Å². The zero-order valence-corrected chi connectivity index (χ0v) is 18.1. The fourth-order valence-corrected chi connectivity index (χ4v) is 4.14. The molecule has 0 N–H and O–H groups in total. The molecule has 0 aromatic heterocycles. The van der Waals surface area contributed by atoms with Gasteiger partial charge in [-0.15, -0.1) is 0 Å². The molecule has 0 atom stereocenters. The SMILES string of the molecule is COc1ccccc1N(C)S(=O)(=O)c1ccc(C(=O)OCc2cccc([N+](=O)[O-])c2)cc1. The number of anilines is 1. The van der Waals surface area contributed by atoms with Gasteiger partial charge in [0.25, 0.3) is 15.7 Å². The van der Waals surface area contributed by atoms with Crippen LogP contribution < -0.4 is 9.04 Å². The van der Waals surface area contributed by atoms with Crippen molar-refractivity contribution in [3.63, 3.8) is 0 Å². The summed E-state index contributed by atoms with van der Waals surface area (Å²) in [4.78, 5) is 22.6. The summed E-state index contributed by atoms with van der Waals surface area (Å²) in [5.74, 6) is -0.279. The average Bonchev–Trinajstić information content (AvgIpc) is 2.82. The van der Waals surface area contributed by atoms with Crippen LogP contribution in [0.1, 0.15) is 15.9 Å². The van der Waals surface area contributed by atoms with Crippen molar-refractivity contribution in [3.05, 3.63) is 94.0 Å². The molecule has 0 spiro atoms. The van der Waals surface area contributed by atoms with Gasteiger partial charge in [-0.1, -0.05) is 24.3 Å². The van der Waals surface area contributed by atoms with E-state index in [0.29, 0.717) is 17.0 Å². The van der Waals surface area contributed by atoms with E-state index in [9.17, 15) is 23.3 Å². The van der Waals surface area contributed by atoms with E-state index in [1.54, 1.807) is 30.3 Å². The first-order chi connectivity index (χ1) is 15.2. The van der Waals surface area contributed by atoms with Crippen LogP contribution in [0.5, 0.6) is 5.75 Å². The zero-order valence-electron chi connectivity index (χ0n) is 17.3. The van der Waals surface area contributed by atoms with E-state index in [2.05, 4.69) is 0 Å². The number of carbonyl (C=O) groups is 1. The Hall–Kier alpha value is -3.92. The summed E-state index contributed by atoms with van der Waals surface area (Å²) in [5.41, 5.74) is 0.877. The van der Waals surface area contributed by atoms with Gasteiger partial charge in [0, 0.05) is 19.2 Å². The normalized spacial score (nSPS) is 10.9. The van der Waals surface area contributed by atoms with Crippen molar-refractivity contribution in [1.29, 1.82) is 0 Å². The molecule has 9 nitrogen and oxygen atoms in total. The number of rotatable bonds is 8. The van der Waals surface area contributed by atoms with Gasteiger partial charge in [0.1, 0.15) is 12.4 Å². The second kappa shape index (κ2) is 9.48. The number of methoxy groups -OCH3 is 1. The first kappa shape index (κ1) is 22.8. The third kappa shape index (κ3) is 4.86. The average molecular weight is 456 g/mol. The summed E-state index contributed by atoms with van der Waals surface area (Å²) in [6.07, 6.45) is 0. The molecule has 0 aliphatic rings. The van der Waals surface area contributed by atoms with Crippen LogP contribution in [0.4, 0.5) is 11.4 Å². The number of ether oxygens (including phenoxy) is 2. The lowest BCUT2D eigenvalue weighted by Crippen LogP contribution is -2.27. The molecule has 0 aliphatic carbocycles.